The van der Waals surface area contributed by atoms with Crippen LogP contribution in [0.3, 0.4) is 0 Å². The molecule has 2 amide bonds. The number of aromatic nitrogens is 2. The van der Waals surface area contributed by atoms with Crippen molar-refractivity contribution >= 4 is 35.1 Å². The van der Waals surface area contributed by atoms with Gasteiger partial charge in [-0.25, -0.2) is 14.6 Å². The summed E-state index contributed by atoms with van der Waals surface area (Å²) in [6.07, 6.45) is 2.44. The summed E-state index contributed by atoms with van der Waals surface area (Å²) in [5.74, 6) is -0.751. The zero-order valence-corrected chi connectivity index (χ0v) is 15.1. The molecule has 0 aliphatic heterocycles. The zero-order chi connectivity index (χ0) is 18.6. The maximum Gasteiger partial charge on any atom is 0.372 e. The summed E-state index contributed by atoms with van der Waals surface area (Å²) in [5, 5.41) is 15.1. The Morgan fingerprint density at radius 3 is 2.68 bits per heavy atom. The number of hydrogen-bond donors (Lipinski definition) is 3. The molecule has 0 saturated carbocycles. The first-order valence-corrected chi connectivity index (χ1v) is 8.32. The smallest absolute Gasteiger partial charge is 0.372 e. The van der Waals surface area contributed by atoms with E-state index in [1.54, 1.807) is 22.8 Å². The van der Waals surface area contributed by atoms with E-state index in [2.05, 4.69) is 15.6 Å². The van der Waals surface area contributed by atoms with Gasteiger partial charge in [-0.3, -0.25) is 5.32 Å². The normalized spacial score (nSPS) is 11.8. The van der Waals surface area contributed by atoms with Crippen molar-refractivity contribution in [2.24, 2.45) is 5.92 Å². The molecule has 8 heteroatoms. The lowest BCUT2D eigenvalue weighted by Crippen LogP contribution is -2.20. The van der Waals surface area contributed by atoms with Crippen molar-refractivity contribution in [1.29, 1.82) is 0 Å². The van der Waals surface area contributed by atoms with E-state index in [0.717, 1.165) is 12.0 Å². The van der Waals surface area contributed by atoms with E-state index < -0.39 is 12.0 Å². The number of halogens is 1. The molecular formula is C17H21ClN4O3. The molecule has 0 bridgehead atoms. The highest BCUT2D eigenvalue weighted by atomic mass is 35.5. The van der Waals surface area contributed by atoms with Crippen molar-refractivity contribution in [2.45, 2.75) is 33.7 Å². The van der Waals surface area contributed by atoms with E-state index >= 15 is 0 Å². The Labute approximate surface area is 151 Å². The number of anilines is 2. The van der Waals surface area contributed by atoms with Crippen molar-refractivity contribution in [3.05, 3.63) is 40.8 Å². The second kappa shape index (κ2) is 8.02. The molecule has 1 heterocycles. The van der Waals surface area contributed by atoms with Gasteiger partial charge < -0.3 is 15.0 Å². The van der Waals surface area contributed by atoms with E-state index in [4.69, 9.17) is 11.6 Å². The van der Waals surface area contributed by atoms with Crippen LogP contribution < -0.4 is 10.6 Å². The van der Waals surface area contributed by atoms with Gasteiger partial charge in [0.15, 0.2) is 5.82 Å². The van der Waals surface area contributed by atoms with Gasteiger partial charge in [0.25, 0.3) is 0 Å². The second-order valence-corrected chi connectivity index (χ2v) is 6.40. The number of carbonyl (C=O) groups excluding carboxylic acids is 1. The number of carboxylic acids is 1. The Morgan fingerprint density at radius 2 is 2.08 bits per heavy atom. The van der Waals surface area contributed by atoms with E-state index in [1.165, 1.54) is 6.20 Å². The SMILES string of the molecule is CCC(C)Cn1cc(NC(=O)Nc2ccc(Cl)cc2C)nc1C(=O)O. The molecule has 0 aliphatic carbocycles. The number of carboxylic acid groups (broad SMARTS) is 1. The number of nitrogens with one attached hydrogen (secondary N) is 2. The molecule has 2 aromatic rings. The van der Waals surface area contributed by atoms with Crippen LogP contribution in [0.4, 0.5) is 16.3 Å². The predicted octanol–water partition coefficient (Wildman–Crippen LogP) is 4.23. The van der Waals surface area contributed by atoms with Crippen molar-refractivity contribution in [2.75, 3.05) is 10.6 Å². The summed E-state index contributed by atoms with van der Waals surface area (Å²) in [6, 6.07) is 4.60. The Bertz CT molecular complexity index is 788. The van der Waals surface area contributed by atoms with Crippen molar-refractivity contribution in [1.82, 2.24) is 9.55 Å². The molecule has 2 rings (SSSR count). The van der Waals surface area contributed by atoms with Crippen LogP contribution in [-0.4, -0.2) is 26.7 Å². The van der Waals surface area contributed by atoms with E-state index in [-0.39, 0.29) is 11.6 Å². The maximum atomic E-state index is 12.1. The molecule has 0 spiro atoms. The number of imidazole rings is 1. The largest absolute Gasteiger partial charge is 0.475 e. The third-order valence-corrected chi connectivity index (χ3v) is 4.09. The quantitative estimate of drug-likeness (QED) is 0.714. The van der Waals surface area contributed by atoms with Crippen molar-refractivity contribution in [3.63, 3.8) is 0 Å². The molecule has 1 aromatic carbocycles. The number of amides is 2. The Kier molecular flexibility index (Phi) is 6.03. The monoisotopic (exact) mass is 364 g/mol. The average molecular weight is 365 g/mol. The van der Waals surface area contributed by atoms with Crippen LogP contribution in [0.1, 0.15) is 36.5 Å². The van der Waals surface area contributed by atoms with Gasteiger partial charge in [-0.2, -0.15) is 0 Å². The summed E-state index contributed by atoms with van der Waals surface area (Å²) < 4.78 is 1.54. The molecule has 7 nitrogen and oxygen atoms in total. The summed E-state index contributed by atoms with van der Waals surface area (Å²) >= 11 is 5.89. The Balaban J connectivity index is 2.12. The van der Waals surface area contributed by atoms with Gasteiger partial charge in [-0.05, 0) is 36.6 Å². The molecule has 1 aromatic heterocycles. The van der Waals surface area contributed by atoms with Gasteiger partial charge in [0.05, 0.1) is 0 Å². The number of hydrogen-bond acceptors (Lipinski definition) is 3. The fourth-order valence-electron chi connectivity index (χ4n) is 2.29. The third kappa shape index (κ3) is 4.96. The molecule has 134 valence electrons. The van der Waals surface area contributed by atoms with Crippen LogP contribution in [0.5, 0.6) is 0 Å². The van der Waals surface area contributed by atoms with Crippen molar-refractivity contribution < 1.29 is 14.7 Å². The van der Waals surface area contributed by atoms with Crippen LogP contribution in [0, 0.1) is 12.8 Å². The standard InChI is InChI=1S/C17H21ClN4O3/c1-4-10(2)8-22-9-14(20-15(22)16(23)24)21-17(25)19-13-6-5-12(18)7-11(13)3/h5-7,9-10H,4,8H2,1-3H3,(H,23,24)(H2,19,21,25). The molecule has 0 radical (unpaired) electrons. The molecule has 1 unspecified atom stereocenters. The predicted molar refractivity (Wildman–Crippen MR) is 97.5 cm³/mol. The highest BCUT2D eigenvalue weighted by Gasteiger charge is 2.17. The van der Waals surface area contributed by atoms with E-state index in [9.17, 15) is 14.7 Å². The number of rotatable bonds is 6. The van der Waals surface area contributed by atoms with E-state index in [0.29, 0.717) is 23.2 Å². The summed E-state index contributed by atoms with van der Waals surface area (Å²) in [4.78, 5) is 27.5. The van der Waals surface area contributed by atoms with Gasteiger partial charge in [0.1, 0.15) is 0 Å². The van der Waals surface area contributed by atoms with E-state index in [1.807, 2.05) is 20.8 Å². The molecule has 25 heavy (non-hydrogen) atoms. The highest BCUT2D eigenvalue weighted by molar-refractivity contribution is 6.30. The van der Waals surface area contributed by atoms with Gasteiger partial charge >= 0.3 is 12.0 Å². The maximum absolute atomic E-state index is 12.1. The Morgan fingerprint density at radius 1 is 1.36 bits per heavy atom. The first-order valence-electron chi connectivity index (χ1n) is 7.94. The first-order chi connectivity index (χ1) is 11.8. The minimum absolute atomic E-state index is 0.0988. The lowest BCUT2D eigenvalue weighted by atomic mass is 10.1. The molecular weight excluding hydrogens is 344 g/mol. The second-order valence-electron chi connectivity index (χ2n) is 5.96. The van der Waals surface area contributed by atoms with Gasteiger partial charge in [0.2, 0.25) is 5.82 Å². The summed E-state index contributed by atoms with van der Waals surface area (Å²) in [6.45, 7) is 6.40. The van der Waals surface area contributed by atoms with Crippen LogP contribution in [0.15, 0.2) is 24.4 Å². The van der Waals surface area contributed by atoms with Gasteiger partial charge in [-0.15, -0.1) is 0 Å². The molecule has 0 saturated heterocycles. The highest BCUT2D eigenvalue weighted by Crippen LogP contribution is 2.20. The zero-order valence-electron chi connectivity index (χ0n) is 14.3. The van der Waals surface area contributed by atoms with Gasteiger partial charge in [0, 0.05) is 23.5 Å². The first kappa shape index (κ1) is 18.8. The fourth-order valence-corrected chi connectivity index (χ4v) is 2.51. The average Bonchev–Trinajstić information content (AvgIpc) is 2.92. The Hall–Kier alpha value is -2.54. The molecule has 0 aliphatic rings. The number of aryl methyl sites for hydroxylation is 1. The molecule has 1 atom stereocenters. The number of aromatic carboxylic acids is 1. The summed E-state index contributed by atoms with van der Waals surface area (Å²) in [5.41, 5.74) is 1.43. The minimum atomic E-state index is -1.13. The van der Waals surface area contributed by atoms with Crippen molar-refractivity contribution in [3.8, 4) is 0 Å². The number of benzene rings is 1. The third-order valence-electron chi connectivity index (χ3n) is 3.85. The topological polar surface area (TPSA) is 96.3 Å². The number of urea groups is 1. The van der Waals surface area contributed by atoms with Gasteiger partial charge in [-0.1, -0.05) is 31.9 Å². The summed E-state index contributed by atoms with van der Waals surface area (Å²) in [7, 11) is 0. The lowest BCUT2D eigenvalue weighted by molar-refractivity contribution is 0.0677. The fraction of sp³-hybridized carbons (Fsp3) is 0.353. The lowest BCUT2D eigenvalue weighted by Gasteiger charge is -2.10. The molecule has 0 fully saturated rings. The molecule has 3 N–H and O–H groups in total. The minimum Gasteiger partial charge on any atom is -0.475 e. The van der Waals surface area contributed by atoms with Crippen LogP contribution in [0.2, 0.25) is 5.02 Å². The number of nitrogens with zero attached hydrogens (tertiary/aromatic N) is 2. The van der Waals surface area contributed by atoms with Crippen LogP contribution in [-0.2, 0) is 6.54 Å². The van der Waals surface area contributed by atoms with Crippen LogP contribution >= 0.6 is 11.6 Å². The number of carbonyl (C=O) groups is 2. The van der Waals surface area contributed by atoms with Crippen LogP contribution in [0.25, 0.3) is 0 Å².